The number of esters is 1. The van der Waals surface area contributed by atoms with E-state index in [2.05, 4.69) is 10.5 Å². The Balaban J connectivity index is 1.60. The SMILES string of the molecule is Cc1ccc(C(C)C)c(OC(=O)c2oc3c(c2C)/C(=N/NC(=O)c2ccc(Cl)cc2Cl)CCC3)c1. The molecule has 2 aromatic carbocycles. The highest BCUT2D eigenvalue weighted by atomic mass is 35.5. The first-order chi connectivity index (χ1) is 16.7. The fourth-order valence-corrected chi connectivity index (χ4v) is 4.67. The van der Waals surface area contributed by atoms with Gasteiger partial charge in [-0.15, -0.1) is 0 Å². The van der Waals surface area contributed by atoms with Crippen molar-refractivity contribution in [2.75, 3.05) is 0 Å². The molecule has 0 unspecified atom stereocenters. The molecule has 4 rings (SSSR count). The Morgan fingerprint density at radius 1 is 1.09 bits per heavy atom. The zero-order valence-electron chi connectivity index (χ0n) is 20.0. The third kappa shape index (κ3) is 5.29. The fourth-order valence-electron chi connectivity index (χ4n) is 4.18. The van der Waals surface area contributed by atoms with Crippen LogP contribution in [0.5, 0.6) is 5.75 Å². The number of fused-ring (bicyclic) bond motifs is 1. The molecule has 1 amide bonds. The van der Waals surface area contributed by atoms with Gasteiger partial charge in [0.2, 0.25) is 5.76 Å². The molecule has 0 atom stereocenters. The molecule has 0 radical (unpaired) electrons. The number of ether oxygens (including phenoxy) is 1. The number of rotatable bonds is 5. The summed E-state index contributed by atoms with van der Waals surface area (Å²) in [7, 11) is 0. The molecule has 6 nitrogen and oxygen atoms in total. The van der Waals surface area contributed by atoms with E-state index < -0.39 is 11.9 Å². The highest BCUT2D eigenvalue weighted by molar-refractivity contribution is 6.36. The second kappa shape index (κ2) is 10.3. The summed E-state index contributed by atoms with van der Waals surface area (Å²) in [4.78, 5) is 25.7. The lowest BCUT2D eigenvalue weighted by atomic mass is 9.93. The zero-order chi connectivity index (χ0) is 25.3. The van der Waals surface area contributed by atoms with Crippen LogP contribution in [0.15, 0.2) is 45.9 Å². The molecule has 0 fully saturated rings. The molecule has 0 bridgehead atoms. The average molecular weight is 513 g/mol. The Morgan fingerprint density at radius 3 is 2.57 bits per heavy atom. The summed E-state index contributed by atoms with van der Waals surface area (Å²) in [5.41, 5.74) is 6.80. The van der Waals surface area contributed by atoms with Gasteiger partial charge in [-0.25, -0.2) is 10.2 Å². The minimum Gasteiger partial charge on any atom is -0.453 e. The molecule has 1 N–H and O–H groups in total. The number of halogens is 2. The van der Waals surface area contributed by atoms with E-state index in [9.17, 15) is 9.59 Å². The van der Waals surface area contributed by atoms with Crippen molar-refractivity contribution in [1.82, 2.24) is 5.43 Å². The van der Waals surface area contributed by atoms with Crippen molar-refractivity contribution in [1.29, 1.82) is 0 Å². The van der Waals surface area contributed by atoms with Crippen LogP contribution in [0.3, 0.4) is 0 Å². The monoisotopic (exact) mass is 512 g/mol. The van der Waals surface area contributed by atoms with Gasteiger partial charge in [-0.05, 0) is 68.0 Å². The van der Waals surface area contributed by atoms with Gasteiger partial charge in [0.25, 0.3) is 5.91 Å². The first kappa shape index (κ1) is 25.0. The molecule has 1 aromatic heterocycles. The number of nitrogens with zero attached hydrogens (tertiary/aromatic N) is 1. The quantitative estimate of drug-likeness (QED) is 0.226. The minimum atomic E-state index is -0.555. The molecule has 0 spiro atoms. The summed E-state index contributed by atoms with van der Waals surface area (Å²) >= 11 is 12.0. The second-order valence-electron chi connectivity index (χ2n) is 8.92. The molecule has 8 heteroatoms. The number of nitrogens with one attached hydrogen (secondary N) is 1. The van der Waals surface area contributed by atoms with Crippen molar-refractivity contribution in [3.05, 3.63) is 85.8 Å². The third-order valence-corrected chi connectivity index (χ3v) is 6.52. The molecule has 0 saturated carbocycles. The summed E-state index contributed by atoms with van der Waals surface area (Å²) in [6.07, 6.45) is 2.08. The van der Waals surface area contributed by atoms with Crippen molar-refractivity contribution >= 4 is 40.8 Å². The molecular weight excluding hydrogens is 487 g/mol. The van der Waals surface area contributed by atoms with E-state index in [1.165, 1.54) is 6.07 Å². The van der Waals surface area contributed by atoms with E-state index in [0.717, 1.165) is 23.1 Å². The van der Waals surface area contributed by atoms with Crippen LogP contribution in [0.25, 0.3) is 0 Å². The summed E-state index contributed by atoms with van der Waals surface area (Å²) in [6.45, 7) is 7.85. The lowest BCUT2D eigenvalue weighted by Crippen LogP contribution is -2.22. The minimum absolute atomic E-state index is 0.146. The van der Waals surface area contributed by atoms with Crippen molar-refractivity contribution < 1.29 is 18.7 Å². The number of hydrogen-bond acceptors (Lipinski definition) is 5. The number of amides is 1. The highest BCUT2D eigenvalue weighted by Crippen LogP contribution is 2.32. The summed E-state index contributed by atoms with van der Waals surface area (Å²) in [6, 6.07) is 10.5. The van der Waals surface area contributed by atoms with Crippen molar-refractivity contribution in [3.8, 4) is 5.75 Å². The Morgan fingerprint density at radius 2 is 1.86 bits per heavy atom. The van der Waals surface area contributed by atoms with Crippen LogP contribution < -0.4 is 10.2 Å². The molecule has 35 heavy (non-hydrogen) atoms. The number of furan rings is 1. The third-order valence-electron chi connectivity index (χ3n) is 5.97. The van der Waals surface area contributed by atoms with Gasteiger partial charge in [0.1, 0.15) is 11.5 Å². The normalized spacial score (nSPS) is 14.2. The van der Waals surface area contributed by atoms with Gasteiger partial charge >= 0.3 is 5.97 Å². The van der Waals surface area contributed by atoms with Gasteiger partial charge in [0, 0.05) is 22.6 Å². The number of aryl methyl sites for hydroxylation is 2. The Labute approximate surface area is 214 Å². The molecule has 182 valence electrons. The van der Waals surface area contributed by atoms with Crippen LogP contribution in [-0.4, -0.2) is 17.6 Å². The maximum Gasteiger partial charge on any atom is 0.379 e. The van der Waals surface area contributed by atoms with Crippen molar-refractivity contribution in [2.24, 2.45) is 5.10 Å². The Kier molecular flexibility index (Phi) is 7.33. The van der Waals surface area contributed by atoms with E-state index in [4.69, 9.17) is 32.4 Å². The van der Waals surface area contributed by atoms with Crippen molar-refractivity contribution in [2.45, 2.75) is 52.9 Å². The Hall–Kier alpha value is -3.09. The molecule has 1 heterocycles. The Bertz CT molecular complexity index is 1340. The summed E-state index contributed by atoms with van der Waals surface area (Å²) in [5.74, 6) is 0.522. The zero-order valence-corrected chi connectivity index (χ0v) is 21.5. The smallest absolute Gasteiger partial charge is 0.379 e. The average Bonchev–Trinajstić information content (AvgIpc) is 3.14. The van der Waals surface area contributed by atoms with Crippen LogP contribution in [0.1, 0.15) is 81.5 Å². The van der Waals surface area contributed by atoms with Crippen molar-refractivity contribution in [3.63, 3.8) is 0 Å². The molecular formula is C27H26Cl2N2O4. The fraction of sp³-hybridized carbons (Fsp3) is 0.296. The van der Waals surface area contributed by atoms with Gasteiger partial charge in [-0.3, -0.25) is 4.79 Å². The predicted molar refractivity (Wildman–Crippen MR) is 137 cm³/mol. The predicted octanol–water partition coefficient (Wildman–Crippen LogP) is 7.02. The number of hydrazone groups is 1. The topological polar surface area (TPSA) is 80.9 Å². The number of benzene rings is 2. The van der Waals surface area contributed by atoms with E-state index >= 15 is 0 Å². The van der Waals surface area contributed by atoms with E-state index in [0.29, 0.717) is 40.6 Å². The lowest BCUT2D eigenvalue weighted by Gasteiger charge is -2.14. The van der Waals surface area contributed by atoms with Crippen LogP contribution in [-0.2, 0) is 6.42 Å². The number of carbonyl (C=O) groups excluding carboxylic acids is 2. The second-order valence-corrected chi connectivity index (χ2v) is 9.76. The molecule has 1 aliphatic rings. The van der Waals surface area contributed by atoms with Gasteiger partial charge in [-0.1, -0.05) is 49.2 Å². The van der Waals surface area contributed by atoms with E-state index in [1.54, 1.807) is 19.1 Å². The van der Waals surface area contributed by atoms with Gasteiger partial charge < -0.3 is 9.15 Å². The maximum atomic E-state index is 13.1. The number of hydrogen-bond donors (Lipinski definition) is 1. The molecule has 0 aliphatic heterocycles. The van der Waals surface area contributed by atoms with E-state index in [1.807, 2.05) is 39.0 Å². The molecule has 1 aliphatic carbocycles. The lowest BCUT2D eigenvalue weighted by molar-refractivity contribution is 0.0696. The van der Waals surface area contributed by atoms with Crippen LogP contribution >= 0.6 is 23.2 Å². The maximum absolute atomic E-state index is 13.1. The standard InChI is InChI=1S/C27H26Cl2N2O4/c1-14(2)18-10-8-15(3)12-23(18)35-27(33)25-16(4)24-21(6-5-7-22(24)34-25)30-31-26(32)19-11-9-17(28)13-20(19)29/h8-14H,5-7H2,1-4H3,(H,31,32)/b30-21+. The summed E-state index contributed by atoms with van der Waals surface area (Å²) < 4.78 is 11.7. The van der Waals surface area contributed by atoms with E-state index in [-0.39, 0.29) is 22.3 Å². The molecule has 3 aromatic rings. The van der Waals surface area contributed by atoms with Crippen LogP contribution in [0.4, 0.5) is 0 Å². The van der Waals surface area contributed by atoms with Crippen LogP contribution in [0, 0.1) is 13.8 Å². The van der Waals surface area contributed by atoms with Gasteiger partial charge in [-0.2, -0.15) is 5.10 Å². The first-order valence-corrected chi connectivity index (χ1v) is 12.2. The molecule has 0 saturated heterocycles. The van der Waals surface area contributed by atoms with Crippen LogP contribution in [0.2, 0.25) is 10.0 Å². The highest BCUT2D eigenvalue weighted by Gasteiger charge is 2.29. The largest absolute Gasteiger partial charge is 0.453 e. The first-order valence-electron chi connectivity index (χ1n) is 11.4. The van der Waals surface area contributed by atoms with Gasteiger partial charge in [0.05, 0.1) is 16.3 Å². The van der Waals surface area contributed by atoms with Gasteiger partial charge in [0.15, 0.2) is 0 Å². The number of carbonyl (C=O) groups is 2. The summed E-state index contributed by atoms with van der Waals surface area (Å²) in [5, 5.41) is 5.02.